The highest BCUT2D eigenvalue weighted by Gasteiger charge is 2.10. The molecule has 0 fully saturated rings. The van der Waals surface area contributed by atoms with E-state index in [0.29, 0.717) is 16.5 Å². The van der Waals surface area contributed by atoms with E-state index in [9.17, 15) is 9.59 Å². The van der Waals surface area contributed by atoms with Crippen molar-refractivity contribution in [3.63, 3.8) is 0 Å². The second-order valence-corrected chi connectivity index (χ2v) is 5.30. The first-order chi connectivity index (χ1) is 11.1. The molecular weight excluding hydrogens is 318 g/mol. The van der Waals surface area contributed by atoms with E-state index in [2.05, 4.69) is 15.6 Å². The molecule has 1 heterocycles. The molecule has 1 aromatic carbocycles. The molecule has 2 N–H and O–H groups in total. The second-order valence-electron chi connectivity index (χ2n) is 4.44. The first-order valence-electron chi connectivity index (χ1n) is 6.92. The summed E-state index contributed by atoms with van der Waals surface area (Å²) in [6.45, 7) is 2.00. The van der Waals surface area contributed by atoms with Gasteiger partial charge in [0.15, 0.2) is 5.13 Å². The second kappa shape index (κ2) is 8.14. The van der Waals surface area contributed by atoms with Gasteiger partial charge in [0.1, 0.15) is 5.75 Å². The topological polar surface area (TPSA) is 89.5 Å². The standard InChI is InChI=1S/C15H17N3O4S/c1-3-22-15(20)18-14-17-11(9-23-14)8-13(19)16-10-4-6-12(21-2)7-5-10/h4-7,9H,3,8H2,1-2H3,(H,16,19)(H,17,18,20). The van der Waals surface area contributed by atoms with Crippen LogP contribution in [0.5, 0.6) is 5.75 Å². The molecule has 0 atom stereocenters. The predicted octanol–water partition coefficient (Wildman–Crippen LogP) is 2.90. The van der Waals surface area contributed by atoms with Crippen LogP contribution in [0.2, 0.25) is 0 Å². The predicted molar refractivity (Wildman–Crippen MR) is 88.1 cm³/mol. The summed E-state index contributed by atoms with van der Waals surface area (Å²) < 4.78 is 9.82. The quantitative estimate of drug-likeness (QED) is 0.847. The van der Waals surface area contributed by atoms with Crippen LogP contribution in [-0.2, 0) is 16.0 Å². The third-order valence-corrected chi connectivity index (χ3v) is 3.56. The molecule has 0 saturated carbocycles. The van der Waals surface area contributed by atoms with Gasteiger partial charge in [-0.3, -0.25) is 10.1 Å². The number of rotatable bonds is 6. The minimum Gasteiger partial charge on any atom is -0.497 e. The van der Waals surface area contributed by atoms with Crippen molar-refractivity contribution in [1.29, 1.82) is 0 Å². The van der Waals surface area contributed by atoms with Crippen LogP contribution >= 0.6 is 11.3 Å². The van der Waals surface area contributed by atoms with Crippen LogP contribution in [-0.4, -0.2) is 30.7 Å². The van der Waals surface area contributed by atoms with Crippen molar-refractivity contribution in [2.75, 3.05) is 24.4 Å². The number of ether oxygens (including phenoxy) is 2. The number of methoxy groups -OCH3 is 1. The maximum absolute atomic E-state index is 12.0. The summed E-state index contributed by atoms with van der Waals surface area (Å²) in [5.41, 5.74) is 1.25. The molecule has 0 aliphatic carbocycles. The maximum Gasteiger partial charge on any atom is 0.413 e. The van der Waals surface area contributed by atoms with Gasteiger partial charge in [0.05, 0.1) is 25.8 Å². The first-order valence-corrected chi connectivity index (χ1v) is 7.80. The molecule has 0 radical (unpaired) electrons. The van der Waals surface area contributed by atoms with E-state index in [0.717, 1.165) is 5.75 Å². The van der Waals surface area contributed by atoms with Crippen molar-refractivity contribution in [3.05, 3.63) is 35.3 Å². The van der Waals surface area contributed by atoms with E-state index in [4.69, 9.17) is 9.47 Å². The highest BCUT2D eigenvalue weighted by molar-refractivity contribution is 7.13. The lowest BCUT2D eigenvalue weighted by molar-refractivity contribution is -0.115. The largest absolute Gasteiger partial charge is 0.497 e. The van der Waals surface area contributed by atoms with Gasteiger partial charge in [0, 0.05) is 11.1 Å². The molecule has 0 spiro atoms. The number of carbonyl (C=O) groups excluding carboxylic acids is 2. The van der Waals surface area contributed by atoms with E-state index in [-0.39, 0.29) is 18.9 Å². The SMILES string of the molecule is CCOC(=O)Nc1nc(CC(=O)Nc2ccc(OC)cc2)cs1. The lowest BCUT2D eigenvalue weighted by Gasteiger charge is -2.05. The summed E-state index contributed by atoms with van der Waals surface area (Å²) in [7, 11) is 1.58. The molecule has 0 bridgehead atoms. The average Bonchev–Trinajstić information content (AvgIpc) is 2.95. The van der Waals surface area contributed by atoms with Crippen molar-refractivity contribution < 1.29 is 19.1 Å². The van der Waals surface area contributed by atoms with Gasteiger partial charge in [0.2, 0.25) is 5.91 Å². The average molecular weight is 335 g/mol. The summed E-state index contributed by atoms with van der Waals surface area (Å²) >= 11 is 1.24. The van der Waals surface area contributed by atoms with Crippen LogP contribution in [0.25, 0.3) is 0 Å². The molecule has 7 nitrogen and oxygen atoms in total. The number of carbonyl (C=O) groups is 2. The minimum atomic E-state index is -0.559. The van der Waals surface area contributed by atoms with Crippen molar-refractivity contribution in [1.82, 2.24) is 4.98 Å². The Kier molecular flexibility index (Phi) is 5.93. The van der Waals surface area contributed by atoms with Gasteiger partial charge in [-0.2, -0.15) is 0 Å². The number of thiazole rings is 1. The summed E-state index contributed by atoms with van der Waals surface area (Å²) in [6, 6.07) is 7.04. The Bertz CT molecular complexity index is 670. The van der Waals surface area contributed by atoms with Crippen LogP contribution in [0.4, 0.5) is 15.6 Å². The van der Waals surface area contributed by atoms with E-state index in [1.807, 2.05) is 0 Å². The molecule has 23 heavy (non-hydrogen) atoms. The Morgan fingerprint density at radius 2 is 1.96 bits per heavy atom. The smallest absolute Gasteiger partial charge is 0.413 e. The summed E-state index contributed by atoms with van der Waals surface area (Å²) in [4.78, 5) is 27.4. The van der Waals surface area contributed by atoms with Crippen molar-refractivity contribution >= 4 is 34.2 Å². The van der Waals surface area contributed by atoms with E-state index < -0.39 is 6.09 Å². The molecule has 2 amide bonds. The molecule has 122 valence electrons. The zero-order valence-electron chi connectivity index (χ0n) is 12.8. The number of hydrogen-bond acceptors (Lipinski definition) is 6. The molecule has 2 rings (SSSR count). The number of hydrogen-bond donors (Lipinski definition) is 2. The zero-order chi connectivity index (χ0) is 16.7. The summed E-state index contributed by atoms with van der Waals surface area (Å²) in [6.07, 6.45) is -0.441. The fourth-order valence-corrected chi connectivity index (χ4v) is 2.44. The molecule has 1 aromatic heterocycles. The lowest BCUT2D eigenvalue weighted by atomic mass is 10.2. The minimum absolute atomic E-state index is 0.118. The third kappa shape index (κ3) is 5.26. The number of aromatic nitrogens is 1. The van der Waals surface area contributed by atoms with Crippen molar-refractivity contribution in [2.24, 2.45) is 0 Å². The molecule has 8 heteroatoms. The van der Waals surface area contributed by atoms with Gasteiger partial charge in [-0.15, -0.1) is 11.3 Å². The summed E-state index contributed by atoms with van der Waals surface area (Å²) in [5, 5.41) is 7.39. The maximum atomic E-state index is 12.0. The molecular formula is C15H17N3O4S. The fourth-order valence-electron chi connectivity index (χ4n) is 1.74. The number of benzene rings is 1. The molecule has 2 aromatic rings. The van der Waals surface area contributed by atoms with Gasteiger partial charge in [-0.25, -0.2) is 9.78 Å². The third-order valence-electron chi connectivity index (χ3n) is 2.75. The van der Waals surface area contributed by atoms with E-state index in [1.54, 1.807) is 43.7 Å². The van der Waals surface area contributed by atoms with Crippen LogP contribution in [0, 0.1) is 0 Å². The number of nitrogens with one attached hydrogen (secondary N) is 2. The Balaban J connectivity index is 1.87. The Morgan fingerprint density at radius 1 is 1.22 bits per heavy atom. The van der Waals surface area contributed by atoms with Crippen molar-refractivity contribution in [3.8, 4) is 5.75 Å². The molecule has 0 saturated heterocycles. The Labute approximate surface area is 137 Å². The fraction of sp³-hybridized carbons (Fsp3) is 0.267. The number of amides is 2. The highest BCUT2D eigenvalue weighted by Crippen LogP contribution is 2.18. The van der Waals surface area contributed by atoms with Gasteiger partial charge < -0.3 is 14.8 Å². The van der Waals surface area contributed by atoms with Gasteiger partial charge in [-0.05, 0) is 31.2 Å². The normalized spacial score (nSPS) is 10.0. The van der Waals surface area contributed by atoms with Crippen molar-refractivity contribution in [2.45, 2.75) is 13.3 Å². The van der Waals surface area contributed by atoms with Gasteiger partial charge in [-0.1, -0.05) is 0 Å². The molecule has 0 aliphatic rings. The van der Waals surface area contributed by atoms with Gasteiger partial charge >= 0.3 is 6.09 Å². The summed E-state index contributed by atoms with van der Waals surface area (Å²) in [5.74, 6) is 0.528. The number of nitrogens with zero attached hydrogens (tertiary/aromatic N) is 1. The highest BCUT2D eigenvalue weighted by atomic mass is 32.1. The Morgan fingerprint density at radius 3 is 2.61 bits per heavy atom. The monoisotopic (exact) mass is 335 g/mol. The zero-order valence-corrected chi connectivity index (χ0v) is 13.6. The lowest BCUT2D eigenvalue weighted by Crippen LogP contribution is -2.15. The van der Waals surface area contributed by atoms with Gasteiger partial charge in [0.25, 0.3) is 0 Å². The number of anilines is 2. The molecule has 0 unspecified atom stereocenters. The van der Waals surface area contributed by atoms with E-state index in [1.165, 1.54) is 11.3 Å². The van der Waals surface area contributed by atoms with Crippen LogP contribution < -0.4 is 15.4 Å². The first kappa shape index (κ1) is 16.8. The Hall–Kier alpha value is -2.61. The molecule has 0 aliphatic heterocycles. The van der Waals surface area contributed by atoms with Crippen LogP contribution in [0.1, 0.15) is 12.6 Å². The van der Waals surface area contributed by atoms with Crippen LogP contribution in [0.15, 0.2) is 29.6 Å². The van der Waals surface area contributed by atoms with Crippen LogP contribution in [0.3, 0.4) is 0 Å². The van der Waals surface area contributed by atoms with E-state index >= 15 is 0 Å².